The largest absolute Gasteiger partial charge is 0.466 e. The summed E-state index contributed by atoms with van der Waals surface area (Å²) in [5.41, 5.74) is 1.93. The molecule has 6 rings (SSSR count). The lowest BCUT2D eigenvalue weighted by Gasteiger charge is -2.57. The van der Waals surface area contributed by atoms with E-state index in [4.69, 9.17) is 14.2 Å². The average molecular weight is 557 g/mol. The predicted octanol–water partition coefficient (Wildman–Crippen LogP) is 4.67. The second-order valence-electron chi connectivity index (χ2n) is 14.5. The highest BCUT2D eigenvalue weighted by atomic mass is 16.7. The number of aliphatic hydroxyl groups is 1. The van der Waals surface area contributed by atoms with Gasteiger partial charge >= 0.3 is 5.97 Å². The zero-order valence-corrected chi connectivity index (χ0v) is 25.2. The summed E-state index contributed by atoms with van der Waals surface area (Å²) in [6, 6.07) is 0. The third-order valence-electron chi connectivity index (χ3n) is 12.4. The molecule has 11 atom stereocenters. The first kappa shape index (κ1) is 28.4. The fourth-order valence-corrected chi connectivity index (χ4v) is 10.3. The van der Waals surface area contributed by atoms with Crippen molar-refractivity contribution < 1.29 is 28.9 Å². The van der Waals surface area contributed by atoms with Crippen molar-refractivity contribution >= 4 is 11.9 Å². The first-order valence-electron chi connectivity index (χ1n) is 15.6. The van der Waals surface area contributed by atoms with Crippen molar-refractivity contribution in [2.75, 3.05) is 19.8 Å². The van der Waals surface area contributed by atoms with E-state index in [-0.39, 0.29) is 53.2 Å². The van der Waals surface area contributed by atoms with Crippen LogP contribution in [-0.2, 0) is 31.8 Å². The number of rotatable bonds is 4. The Morgan fingerprint density at radius 2 is 1.93 bits per heavy atom. The number of hydrogen-bond donors (Lipinski definition) is 1. The van der Waals surface area contributed by atoms with Crippen molar-refractivity contribution in [3.05, 3.63) is 17.5 Å². The van der Waals surface area contributed by atoms with Gasteiger partial charge in [0.05, 0.1) is 31.2 Å². The van der Waals surface area contributed by atoms with Crippen LogP contribution in [0, 0.1) is 52.3 Å². The SMILES string of the molecule is CC(=O)OC[C@H]1Cc2c(cnn2C(C)=O)C[C@]1(C)[C@H]1CC[C@]2(C)[C@@H]3[C@H](C[C@H]2[C@@H]1CO)O[C@]1(CCC(C)CO1)[C@H]3C. The van der Waals surface area contributed by atoms with Crippen LogP contribution in [0.15, 0.2) is 6.20 Å². The standard InChI is InChI=1S/C32H48N2O6/c1-18-7-10-32(39-16-18)19(2)29-28(40-32)12-26-24(15-35)25(8-9-30(26,29)5)31(6)13-22-14-33-34(20(3)36)27(22)11-23(31)17-38-21(4)37/h14,18-19,23-26,28-29,35H,7-13,15-17H2,1-6H3/t18?,19-,23+,24+,25-,26-,28-,29-,30-,31-,32+/m0/s1. The Hall–Kier alpha value is -1.77. The first-order chi connectivity index (χ1) is 18.9. The third-order valence-corrected chi connectivity index (χ3v) is 12.4. The van der Waals surface area contributed by atoms with Crippen LogP contribution in [0.2, 0.25) is 0 Å². The van der Waals surface area contributed by atoms with E-state index in [0.29, 0.717) is 36.7 Å². The van der Waals surface area contributed by atoms with Gasteiger partial charge in [-0.1, -0.05) is 27.7 Å². The molecule has 2 saturated heterocycles. The topological polar surface area (TPSA) is 99.9 Å². The van der Waals surface area contributed by atoms with Crippen molar-refractivity contribution in [3.8, 4) is 0 Å². The maximum absolute atomic E-state index is 12.3. The van der Waals surface area contributed by atoms with E-state index < -0.39 is 5.79 Å². The van der Waals surface area contributed by atoms with Crippen LogP contribution < -0.4 is 0 Å². The van der Waals surface area contributed by atoms with Crippen molar-refractivity contribution in [2.45, 2.75) is 98.4 Å². The molecule has 1 aromatic rings. The van der Waals surface area contributed by atoms with Crippen LogP contribution in [-0.4, -0.2) is 58.5 Å². The van der Waals surface area contributed by atoms with Crippen LogP contribution in [0.5, 0.6) is 0 Å². The van der Waals surface area contributed by atoms with E-state index in [9.17, 15) is 14.7 Å². The Labute approximate surface area is 238 Å². The minimum Gasteiger partial charge on any atom is -0.466 e. The number of aromatic nitrogens is 2. The molecule has 222 valence electrons. The van der Waals surface area contributed by atoms with Crippen LogP contribution in [0.4, 0.5) is 0 Å². The third kappa shape index (κ3) is 4.14. The molecule has 1 unspecified atom stereocenters. The first-order valence-corrected chi connectivity index (χ1v) is 15.6. The number of carbonyl (C=O) groups excluding carboxylic acids is 2. The Balaban J connectivity index is 1.30. The molecule has 0 amide bonds. The van der Waals surface area contributed by atoms with Gasteiger partial charge in [0.15, 0.2) is 5.79 Å². The molecule has 1 aromatic heterocycles. The van der Waals surface area contributed by atoms with E-state index in [0.717, 1.165) is 56.4 Å². The molecule has 5 aliphatic rings. The van der Waals surface area contributed by atoms with Gasteiger partial charge in [-0.15, -0.1) is 0 Å². The fourth-order valence-electron chi connectivity index (χ4n) is 10.3. The van der Waals surface area contributed by atoms with E-state index in [2.05, 4.69) is 32.8 Å². The molecule has 0 aromatic carbocycles. The molecule has 0 radical (unpaired) electrons. The summed E-state index contributed by atoms with van der Waals surface area (Å²) in [7, 11) is 0. The van der Waals surface area contributed by atoms with E-state index in [1.807, 2.05) is 6.20 Å². The quantitative estimate of drug-likeness (QED) is 0.538. The van der Waals surface area contributed by atoms with E-state index in [1.54, 1.807) is 0 Å². The number of carbonyl (C=O) groups is 2. The minimum absolute atomic E-state index is 0.0408. The van der Waals surface area contributed by atoms with Crippen LogP contribution >= 0.6 is 0 Å². The second kappa shape index (κ2) is 9.91. The molecule has 3 aliphatic carbocycles. The monoisotopic (exact) mass is 556 g/mol. The van der Waals surface area contributed by atoms with Crippen molar-refractivity contribution in [2.24, 2.45) is 52.3 Å². The van der Waals surface area contributed by atoms with Crippen molar-refractivity contribution in [1.29, 1.82) is 0 Å². The molecule has 8 nitrogen and oxygen atoms in total. The second-order valence-corrected chi connectivity index (χ2v) is 14.5. The molecular formula is C32H48N2O6. The number of hydrogen-bond acceptors (Lipinski definition) is 7. The van der Waals surface area contributed by atoms with Crippen molar-refractivity contribution in [3.63, 3.8) is 0 Å². The Morgan fingerprint density at radius 3 is 2.58 bits per heavy atom. The Kier molecular flexibility index (Phi) is 7.02. The summed E-state index contributed by atoms with van der Waals surface area (Å²) >= 11 is 0. The molecule has 8 heteroatoms. The maximum Gasteiger partial charge on any atom is 0.302 e. The highest BCUT2D eigenvalue weighted by Gasteiger charge is 2.68. The van der Waals surface area contributed by atoms with Gasteiger partial charge < -0.3 is 19.3 Å². The molecule has 1 N–H and O–H groups in total. The number of esters is 1. The van der Waals surface area contributed by atoms with E-state index in [1.165, 1.54) is 18.5 Å². The lowest BCUT2D eigenvalue weighted by Crippen LogP contribution is -2.54. The molecule has 0 bridgehead atoms. The maximum atomic E-state index is 12.3. The van der Waals surface area contributed by atoms with Crippen LogP contribution in [0.3, 0.4) is 0 Å². The Morgan fingerprint density at radius 1 is 1.15 bits per heavy atom. The van der Waals surface area contributed by atoms with Gasteiger partial charge in [0, 0.05) is 38.7 Å². The van der Waals surface area contributed by atoms with Gasteiger partial charge in [-0.3, -0.25) is 9.59 Å². The summed E-state index contributed by atoms with van der Waals surface area (Å²) in [6.45, 7) is 13.6. The molecular weight excluding hydrogens is 508 g/mol. The normalized spacial score (nSPS) is 46.1. The summed E-state index contributed by atoms with van der Waals surface area (Å²) in [5.74, 6) is 1.32. The van der Waals surface area contributed by atoms with Gasteiger partial charge in [-0.25, -0.2) is 4.68 Å². The smallest absolute Gasteiger partial charge is 0.302 e. The highest BCUT2D eigenvalue weighted by molar-refractivity contribution is 5.76. The lowest BCUT2D eigenvalue weighted by molar-refractivity contribution is -0.272. The summed E-state index contributed by atoms with van der Waals surface area (Å²) in [6.07, 6.45) is 8.61. The Bertz CT molecular complexity index is 1160. The highest BCUT2D eigenvalue weighted by Crippen LogP contribution is 2.69. The average Bonchev–Trinajstić information content (AvgIpc) is 3.53. The molecule has 40 heavy (non-hydrogen) atoms. The molecule has 2 saturated carbocycles. The number of nitrogens with zero attached hydrogens (tertiary/aromatic N) is 2. The van der Waals surface area contributed by atoms with Gasteiger partial charge in [-0.2, -0.15) is 5.10 Å². The summed E-state index contributed by atoms with van der Waals surface area (Å²) in [5, 5.41) is 15.4. The molecule has 3 heterocycles. The zero-order chi connectivity index (χ0) is 28.6. The minimum atomic E-state index is -0.445. The lowest BCUT2D eigenvalue weighted by atomic mass is 9.48. The van der Waals surface area contributed by atoms with Gasteiger partial charge in [0.2, 0.25) is 5.91 Å². The van der Waals surface area contributed by atoms with Crippen LogP contribution in [0.25, 0.3) is 0 Å². The van der Waals surface area contributed by atoms with Crippen LogP contribution in [0.1, 0.15) is 89.7 Å². The van der Waals surface area contributed by atoms with Gasteiger partial charge in [0.25, 0.3) is 0 Å². The van der Waals surface area contributed by atoms with E-state index >= 15 is 0 Å². The van der Waals surface area contributed by atoms with Gasteiger partial charge in [0.1, 0.15) is 0 Å². The van der Waals surface area contributed by atoms with Gasteiger partial charge in [-0.05, 0) is 84.5 Å². The molecule has 1 spiro atoms. The number of fused-ring (bicyclic) bond motifs is 4. The predicted molar refractivity (Wildman–Crippen MR) is 148 cm³/mol. The number of ether oxygens (including phenoxy) is 3. The summed E-state index contributed by atoms with van der Waals surface area (Å²) in [4.78, 5) is 24.2. The van der Waals surface area contributed by atoms with Crippen molar-refractivity contribution in [1.82, 2.24) is 9.78 Å². The number of aliphatic hydroxyl groups excluding tert-OH is 1. The molecule has 2 aliphatic heterocycles. The summed E-state index contributed by atoms with van der Waals surface area (Å²) < 4.78 is 20.5. The molecule has 4 fully saturated rings. The zero-order valence-electron chi connectivity index (χ0n) is 25.2. The fraction of sp³-hybridized carbons (Fsp3) is 0.844.